The molecule has 1 aliphatic carbocycles. The van der Waals surface area contributed by atoms with E-state index < -0.39 is 23.3 Å². The number of aliphatic hydroxyl groups is 2. The largest absolute Gasteiger partial charge is 0.490 e. The Kier molecular flexibility index (Phi) is 5.70. The van der Waals surface area contributed by atoms with Crippen LogP contribution in [0.3, 0.4) is 0 Å². The van der Waals surface area contributed by atoms with Crippen molar-refractivity contribution >= 4 is 23.1 Å². The summed E-state index contributed by atoms with van der Waals surface area (Å²) >= 11 is 5.67. The van der Waals surface area contributed by atoms with E-state index >= 15 is 0 Å². The third-order valence-electron chi connectivity index (χ3n) is 5.87. The molecule has 2 aliphatic rings. The van der Waals surface area contributed by atoms with Crippen LogP contribution >= 0.6 is 11.6 Å². The monoisotopic (exact) mass is 437 g/mol. The van der Waals surface area contributed by atoms with Gasteiger partial charge in [0.25, 0.3) is 0 Å². The Hall–Kier alpha value is -2.22. The molecule has 0 bridgehead atoms. The number of anilines is 1. The van der Waals surface area contributed by atoms with Crippen LogP contribution in [0.1, 0.15) is 35.2 Å². The first-order valence-corrected chi connectivity index (χ1v) is 10.2. The second-order valence-corrected chi connectivity index (χ2v) is 8.32. The van der Waals surface area contributed by atoms with Crippen LogP contribution in [-0.2, 0) is 6.42 Å². The van der Waals surface area contributed by atoms with E-state index in [9.17, 15) is 23.8 Å². The molecular weight excluding hydrogens is 416 g/mol. The smallest absolute Gasteiger partial charge is 0.163 e. The van der Waals surface area contributed by atoms with Gasteiger partial charge in [-0.1, -0.05) is 23.7 Å². The van der Waals surface area contributed by atoms with Crippen LogP contribution < -0.4 is 9.64 Å². The van der Waals surface area contributed by atoms with Gasteiger partial charge in [-0.15, -0.1) is 0 Å². The first-order valence-electron chi connectivity index (χ1n) is 9.86. The number of hydrogen-bond donors (Lipinski definition) is 2. The Morgan fingerprint density at radius 2 is 1.97 bits per heavy atom. The molecule has 4 rings (SSSR count). The molecule has 0 amide bonds. The molecule has 1 heterocycles. The molecule has 8 heteroatoms. The van der Waals surface area contributed by atoms with Crippen molar-refractivity contribution in [1.29, 1.82) is 0 Å². The molecule has 0 radical (unpaired) electrons. The SMILES string of the molecule is O=C1CCCc2c(OC[C@]3(O)CCN(c4c(F)cc(Cl)cc4F)C[C@H]3O)cccc21. The number of aliphatic hydroxyl groups excluding tert-OH is 1. The van der Waals surface area contributed by atoms with Crippen LogP contribution in [0.25, 0.3) is 0 Å². The number of fused-ring (bicyclic) bond motifs is 1. The maximum absolute atomic E-state index is 14.2. The van der Waals surface area contributed by atoms with Crippen molar-refractivity contribution in [1.82, 2.24) is 0 Å². The number of nitrogens with zero attached hydrogens (tertiary/aromatic N) is 1. The highest BCUT2D eigenvalue weighted by Crippen LogP contribution is 2.34. The van der Waals surface area contributed by atoms with E-state index in [0.29, 0.717) is 24.2 Å². The Bertz CT molecular complexity index is 963. The van der Waals surface area contributed by atoms with Crippen molar-refractivity contribution in [2.75, 3.05) is 24.6 Å². The first-order chi connectivity index (χ1) is 14.3. The van der Waals surface area contributed by atoms with Crippen LogP contribution in [0.15, 0.2) is 30.3 Å². The number of piperidine rings is 1. The van der Waals surface area contributed by atoms with Gasteiger partial charge in [-0.25, -0.2) is 8.78 Å². The van der Waals surface area contributed by atoms with Gasteiger partial charge in [0.05, 0.1) is 0 Å². The third kappa shape index (κ3) is 3.89. The Morgan fingerprint density at radius 1 is 1.23 bits per heavy atom. The minimum Gasteiger partial charge on any atom is -0.490 e. The summed E-state index contributed by atoms with van der Waals surface area (Å²) in [6.45, 7) is -0.239. The minimum absolute atomic E-state index is 0.0453. The molecule has 1 saturated heterocycles. The molecule has 2 aromatic rings. The molecule has 0 aromatic heterocycles. The molecule has 5 nitrogen and oxygen atoms in total. The zero-order valence-electron chi connectivity index (χ0n) is 16.2. The average molecular weight is 438 g/mol. The fraction of sp³-hybridized carbons (Fsp3) is 0.409. The van der Waals surface area contributed by atoms with Gasteiger partial charge in [0.15, 0.2) is 17.4 Å². The highest BCUT2D eigenvalue weighted by molar-refractivity contribution is 6.30. The van der Waals surface area contributed by atoms with Crippen molar-refractivity contribution in [3.8, 4) is 5.75 Å². The Balaban J connectivity index is 1.47. The normalized spacial score (nSPS) is 24.0. The van der Waals surface area contributed by atoms with Crippen LogP contribution in [-0.4, -0.2) is 47.4 Å². The summed E-state index contributed by atoms with van der Waals surface area (Å²) in [5, 5.41) is 21.4. The number of halogens is 3. The number of hydrogen-bond acceptors (Lipinski definition) is 5. The number of Topliss-reactive ketones (excluding diaryl/α,β-unsaturated/α-hetero) is 1. The van der Waals surface area contributed by atoms with E-state index in [4.69, 9.17) is 16.3 Å². The molecule has 2 N–H and O–H groups in total. The molecule has 0 spiro atoms. The third-order valence-corrected chi connectivity index (χ3v) is 6.09. The number of β-amino-alcohol motifs (C(OH)–C–C–N with tert-alkyl or cyclic N) is 1. The average Bonchev–Trinajstić information content (AvgIpc) is 2.69. The fourth-order valence-corrected chi connectivity index (χ4v) is 4.35. The maximum atomic E-state index is 14.2. The number of carbonyl (C=O) groups is 1. The summed E-state index contributed by atoms with van der Waals surface area (Å²) in [4.78, 5) is 13.4. The second kappa shape index (κ2) is 8.13. The standard InChI is InChI=1S/C22H22ClF2NO4/c23-13-9-16(24)21(17(25)10-13)26-8-7-22(29,20(28)11-26)12-30-19-6-2-3-14-15(19)4-1-5-18(14)27/h2-3,6,9-10,20,28-29H,1,4-5,7-8,11-12H2/t20-,22-/m1/s1. The predicted octanol–water partition coefficient (Wildman–Crippen LogP) is 3.52. The van der Waals surface area contributed by atoms with Crippen LogP contribution in [0, 0.1) is 11.6 Å². The molecule has 160 valence electrons. The number of carbonyl (C=O) groups excluding carboxylic acids is 1. The Labute approximate surface area is 177 Å². The van der Waals surface area contributed by atoms with Crippen LogP contribution in [0.5, 0.6) is 5.75 Å². The quantitative estimate of drug-likeness (QED) is 0.766. The number of ketones is 1. The van der Waals surface area contributed by atoms with Gasteiger partial charge < -0.3 is 19.8 Å². The lowest BCUT2D eigenvalue weighted by Crippen LogP contribution is -2.58. The van der Waals surface area contributed by atoms with E-state index in [1.165, 1.54) is 4.90 Å². The molecule has 30 heavy (non-hydrogen) atoms. The minimum atomic E-state index is -1.59. The molecule has 2 atom stereocenters. The van der Waals surface area contributed by atoms with E-state index in [2.05, 4.69) is 0 Å². The number of benzene rings is 2. The van der Waals surface area contributed by atoms with Crippen molar-refractivity contribution in [3.63, 3.8) is 0 Å². The lowest BCUT2D eigenvalue weighted by Gasteiger charge is -2.42. The van der Waals surface area contributed by atoms with Crippen LogP contribution in [0.2, 0.25) is 5.02 Å². The maximum Gasteiger partial charge on any atom is 0.163 e. The predicted molar refractivity (Wildman–Crippen MR) is 108 cm³/mol. The fourth-order valence-electron chi connectivity index (χ4n) is 4.16. The van der Waals surface area contributed by atoms with Gasteiger partial charge in [-0.2, -0.15) is 0 Å². The molecular formula is C22H22ClF2NO4. The summed E-state index contributed by atoms with van der Waals surface area (Å²) in [6, 6.07) is 7.25. The first kappa shape index (κ1) is 21.0. The van der Waals surface area contributed by atoms with Gasteiger partial charge in [0.2, 0.25) is 0 Å². The van der Waals surface area contributed by atoms with Gasteiger partial charge in [0, 0.05) is 35.7 Å². The van der Waals surface area contributed by atoms with Crippen molar-refractivity contribution in [2.45, 2.75) is 37.4 Å². The van der Waals surface area contributed by atoms with E-state index in [1.54, 1.807) is 18.2 Å². The van der Waals surface area contributed by atoms with E-state index in [1.807, 2.05) is 0 Å². The topological polar surface area (TPSA) is 70.0 Å². The summed E-state index contributed by atoms with van der Waals surface area (Å²) in [7, 11) is 0. The lowest BCUT2D eigenvalue weighted by molar-refractivity contribution is -0.109. The van der Waals surface area contributed by atoms with E-state index in [0.717, 1.165) is 24.1 Å². The lowest BCUT2D eigenvalue weighted by atomic mass is 9.88. The number of ether oxygens (including phenoxy) is 1. The highest BCUT2D eigenvalue weighted by Gasteiger charge is 2.42. The zero-order valence-corrected chi connectivity index (χ0v) is 17.0. The van der Waals surface area contributed by atoms with Gasteiger partial charge in [0.1, 0.15) is 29.7 Å². The second-order valence-electron chi connectivity index (χ2n) is 7.88. The summed E-state index contributed by atoms with van der Waals surface area (Å²) in [6.07, 6.45) is 0.714. The molecule has 0 saturated carbocycles. The molecule has 2 aromatic carbocycles. The van der Waals surface area contributed by atoms with Crippen LogP contribution in [0.4, 0.5) is 14.5 Å². The summed E-state index contributed by atoms with van der Waals surface area (Å²) in [5.41, 5.74) is -0.418. The summed E-state index contributed by atoms with van der Waals surface area (Å²) < 4.78 is 34.3. The van der Waals surface area contributed by atoms with E-state index in [-0.39, 0.29) is 42.6 Å². The molecule has 0 unspecified atom stereocenters. The Morgan fingerprint density at radius 3 is 2.67 bits per heavy atom. The molecule has 1 fully saturated rings. The highest BCUT2D eigenvalue weighted by atomic mass is 35.5. The van der Waals surface area contributed by atoms with Crippen molar-refractivity contribution < 1.29 is 28.5 Å². The van der Waals surface area contributed by atoms with Gasteiger partial charge >= 0.3 is 0 Å². The number of rotatable bonds is 4. The van der Waals surface area contributed by atoms with Gasteiger partial charge in [-0.05, 0) is 37.5 Å². The van der Waals surface area contributed by atoms with Crippen molar-refractivity contribution in [3.05, 3.63) is 58.1 Å². The molecule has 1 aliphatic heterocycles. The van der Waals surface area contributed by atoms with Gasteiger partial charge in [-0.3, -0.25) is 4.79 Å². The summed E-state index contributed by atoms with van der Waals surface area (Å²) in [5.74, 6) is -1.07. The zero-order chi connectivity index (χ0) is 21.5. The van der Waals surface area contributed by atoms with Crippen molar-refractivity contribution in [2.24, 2.45) is 0 Å².